The van der Waals surface area contributed by atoms with E-state index in [0.29, 0.717) is 0 Å². The average Bonchev–Trinajstić information content (AvgIpc) is 1.79. The third-order valence-electron chi connectivity index (χ3n) is 1.06. The average molecular weight is 136 g/mol. The van der Waals surface area contributed by atoms with E-state index in [4.69, 9.17) is 0 Å². The molecule has 0 aliphatic rings. The van der Waals surface area contributed by atoms with E-state index in [-0.39, 0.29) is 0 Å². The Kier molecular flexibility index (Phi) is 4.65. The summed E-state index contributed by atoms with van der Waals surface area (Å²) in [5.41, 5.74) is 2.48. The second kappa shape index (κ2) is 5.04. The quantitative estimate of drug-likeness (QED) is 0.411. The first kappa shape index (κ1) is 9.22. The molecule has 0 fully saturated rings. The van der Waals surface area contributed by atoms with Crippen LogP contribution in [0.1, 0.15) is 27.2 Å². The molecule has 0 radical (unpaired) electrons. The van der Waals surface area contributed by atoms with Crippen LogP contribution < -0.4 is 0 Å². The lowest BCUT2D eigenvalue weighted by molar-refractivity contribution is 1.27. The number of hydrogen-bond acceptors (Lipinski definition) is 0. The van der Waals surface area contributed by atoms with Gasteiger partial charge in [0.25, 0.3) is 0 Å². The van der Waals surface area contributed by atoms with Gasteiger partial charge in [0.1, 0.15) is 0 Å². The molecule has 0 aromatic carbocycles. The highest BCUT2D eigenvalue weighted by Crippen LogP contribution is 1.96. The smallest absolute Gasteiger partial charge is 0.0163 e. The first-order valence-electron chi connectivity index (χ1n) is 3.58. The Morgan fingerprint density at radius 2 is 1.90 bits per heavy atom. The second-order valence-corrected chi connectivity index (χ2v) is 2.77. The molecule has 0 spiro atoms. The van der Waals surface area contributed by atoms with Gasteiger partial charge < -0.3 is 0 Å². The Balaban J connectivity index is 3.55. The van der Waals surface area contributed by atoms with Gasteiger partial charge in [0.2, 0.25) is 0 Å². The first-order valence-corrected chi connectivity index (χ1v) is 3.58. The first-order chi connectivity index (χ1) is 4.63. The van der Waals surface area contributed by atoms with Gasteiger partial charge in [-0.15, -0.1) is 0 Å². The zero-order valence-electron chi connectivity index (χ0n) is 7.15. The highest BCUT2D eigenvalue weighted by Gasteiger charge is 1.75. The Morgan fingerprint density at radius 3 is 2.30 bits per heavy atom. The molecule has 0 aliphatic carbocycles. The normalized spacial score (nSPS) is 9.90. The van der Waals surface area contributed by atoms with Crippen molar-refractivity contribution in [3.8, 4) is 0 Å². The minimum absolute atomic E-state index is 1.02. The SMILES string of the molecule is C=C(C)C=CCC=C(C)C. The lowest BCUT2D eigenvalue weighted by Gasteiger charge is -1.86. The van der Waals surface area contributed by atoms with Crippen LogP contribution in [0.4, 0.5) is 0 Å². The highest BCUT2D eigenvalue weighted by molar-refractivity contribution is 5.12. The fraction of sp³-hybridized carbons (Fsp3) is 0.400. The zero-order valence-corrected chi connectivity index (χ0v) is 7.15. The van der Waals surface area contributed by atoms with Gasteiger partial charge in [-0.25, -0.2) is 0 Å². The number of rotatable bonds is 3. The molecule has 0 heteroatoms. The van der Waals surface area contributed by atoms with Gasteiger partial charge in [-0.1, -0.05) is 36.0 Å². The molecule has 0 rings (SSSR count). The molecule has 0 saturated carbocycles. The van der Waals surface area contributed by atoms with Crippen LogP contribution in [0.3, 0.4) is 0 Å². The van der Waals surface area contributed by atoms with Crippen molar-refractivity contribution in [2.24, 2.45) is 0 Å². The Bertz CT molecular complexity index is 155. The highest BCUT2D eigenvalue weighted by atomic mass is 13.8. The summed E-state index contributed by atoms with van der Waals surface area (Å²) in [5.74, 6) is 0. The van der Waals surface area contributed by atoms with Crippen molar-refractivity contribution in [2.75, 3.05) is 0 Å². The van der Waals surface area contributed by atoms with Gasteiger partial charge in [0, 0.05) is 0 Å². The molecule has 0 amide bonds. The van der Waals surface area contributed by atoms with Gasteiger partial charge in [-0.05, 0) is 27.2 Å². The van der Waals surface area contributed by atoms with E-state index in [9.17, 15) is 0 Å². The van der Waals surface area contributed by atoms with Crippen LogP contribution in [0.5, 0.6) is 0 Å². The van der Waals surface area contributed by atoms with Crippen molar-refractivity contribution >= 4 is 0 Å². The summed E-state index contributed by atoms with van der Waals surface area (Å²) in [6.07, 6.45) is 7.38. The summed E-state index contributed by atoms with van der Waals surface area (Å²) in [5, 5.41) is 0. The minimum Gasteiger partial charge on any atom is -0.0961 e. The molecular weight excluding hydrogens is 120 g/mol. The van der Waals surface area contributed by atoms with Gasteiger partial charge in [-0.3, -0.25) is 0 Å². The molecular formula is C10H16. The van der Waals surface area contributed by atoms with Crippen LogP contribution in [-0.2, 0) is 0 Å². The molecule has 0 N–H and O–H groups in total. The summed E-state index contributed by atoms with van der Waals surface area (Å²) in [4.78, 5) is 0. The molecule has 0 heterocycles. The monoisotopic (exact) mass is 136 g/mol. The van der Waals surface area contributed by atoms with E-state index in [1.165, 1.54) is 5.57 Å². The standard InChI is InChI=1S/C10H16/c1-9(2)7-5-6-8-10(3)4/h5,7-8H,1,6H2,2-4H3. The van der Waals surface area contributed by atoms with Crippen molar-refractivity contribution in [1.29, 1.82) is 0 Å². The molecule has 10 heavy (non-hydrogen) atoms. The van der Waals surface area contributed by atoms with Crippen molar-refractivity contribution in [1.82, 2.24) is 0 Å². The van der Waals surface area contributed by atoms with Crippen molar-refractivity contribution in [3.63, 3.8) is 0 Å². The molecule has 56 valence electrons. The molecule has 0 aromatic rings. The van der Waals surface area contributed by atoms with Gasteiger partial charge in [0.15, 0.2) is 0 Å². The summed E-state index contributed by atoms with van der Waals surface area (Å²) < 4.78 is 0. The number of allylic oxidation sites excluding steroid dienone is 5. The van der Waals surface area contributed by atoms with E-state index in [1.54, 1.807) is 0 Å². The molecule has 0 bridgehead atoms. The Hall–Kier alpha value is -0.780. The predicted octanol–water partition coefficient (Wildman–Crippen LogP) is 3.48. The fourth-order valence-electron chi connectivity index (χ4n) is 0.573. The summed E-state index contributed by atoms with van der Waals surface area (Å²) >= 11 is 0. The van der Waals surface area contributed by atoms with Crippen LogP contribution in [0.25, 0.3) is 0 Å². The molecule has 0 saturated heterocycles. The Morgan fingerprint density at radius 1 is 1.30 bits per heavy atom. The third kappa shape index (κ3) is 7.22. The van der Waals surface area contributed by atoms with Gasteiger partial charge in [-0.2, -0.15) is 0 Å². The lowest BCUT2D eigenvalue weighted by Crippen LogP contribution is -1.65. The maximum absolute atomic E-state index is 3.76. The molecule has 0 unspecified atom stereocenters. The predicted molar refractivity (Wildman–Crippen MR) is 48.0 cm³/mol. The molecule has 0 atom stereocenters. The van der Waals surface area contributed by atoms with Gasteiger partial charge in [0.05, 0.1) is 0 Å². The fourth-order valence-corrected chi connectivity index (χ4v) is 0.573. The van der Waals surface area contributed by atoms with E-state index >= 15 is 0 Å². The largest absolute Gasteiger partial charge is 0.0961 e. The molecule has 0 nitrogen and oxygen atoms in total. The van der Waals surface area contributed by atoms with Gasteiger partial charge >= 0.3 is 0 Å². The third-order valence-corrected chi connectivity index (χ3v) is 1.06. The second-order valence-electron chi connectivity index (χ2n) is 2.77. The van der Waals surface area contributed by atoms with Crippen LogP contribution in [0.15, 0.2) is 36.0 Å². The maximum Gasteiger partial charge on any atom is -0.0163 e. The van der Waals surface area contributed by atoms with Crippen molar-refractivity contribution in [2.45, 2.75) is 27.2 Å². The molecule has 0 aliphatic heterocycles. The molecule has 0 aromatic heterocycles. The maximum atomic E-state index is 3.76. The minimum atomic E-state index is 1.02. The van der Waals surface area contributed by atoms with E-state index in [0.717, 1.165) is 12.0 Å². The Labute approximate surface area is 64.0 Å². The van der Waals surface area contributed by atoms with E-state index in [1.807, 2.05) is 13.0 Å². The van der Waals surface area contributed by atoms with Crippen LogP contribution >= 0.6 is 0 Å². The van der Waals surface area contributed by atoms with Crippen LogP contribution in [0, 0.1) is 0 Å². The number of hydrogen-bond donors (Lipinski definition) is 0. The zero-order chi connectivity index (χ0) is 7.98. The van der Waals surface area contributed by atoms with Crippen molar-refractivity contribution < 1.29 is 0 Å². The van der Waals surface area contributed by atoms with Crippen LogP contribution in [0.2, 0.25) is 0 Å². The van der Waals surface area contributed by atoms with Crippen molar-refractivity contribution in [3.05, 3.63) is 36.0 Å². The van der Waals surface area contributed by atoms with Crippen LogP contribution in [-0.4, -0.2) is 0 Å². The van der Waals surface area contributed by atoms with E-state index in [2.05, 4.69) is 32.6 Å². The summed E-state index contributed by atoms with van der Waals surface area (Å²) in [6, 6.07) is 0. The summed E-state index contributed by atoms with van der Waals surface area (Å²) in [7, 11) is 0. The lowest BCUT2D eigenvalue weighted by atomic mass is 10.2. The topological polar surface area (TPSA) is 0 Å². The summed E-state index contributed by atoms with van der Waals surface area (Å²) in [6.45, 7) is 9.97. The van der Waals surface area contributed by atoms with E-state index < -0.39 is 0 Å².